The van der Waals surface area contributed by atoms with E-state index >= 15 is 0 Å². The van der Waals surface area contributed by atoms with Gasteiger partial charge in [-0.2, -0.15) is 0 Å². The summed E-state index contributed by atoms with van der Waals surface area (Å²) >= 11 is 6.28. The van der Waals surface area contributed by atoms with E-state index in [9.17, 15) is 9.59 Å². The molecule has 3 aromatic carbocycles. The van der Waals surface area contributed by atoms with Crippen LogP contribution < -0.4 is 5.32 Å². The van der Waals surface area contributed by atoms with E-state index in [4.69, 9.17) is 11.6 Å². The number of halogens is 1. The Balaban J connectivity index is 1.71. The lowest BCUT2D eigenvalue weighted by Crippen LogP contribution is -2.32. The van der Waals surface area contributed by atoms with Gasteiger partial charge in [-0.15, -0.1) is 0 Å². The van der Waals surface area contributed by atoms with Gasteiger partial charge in [-0.05, 0) is 40.8 Å². The van der Waals surface area contributed by atoms with E-state index < -0.39 is 0 Å². The zero-order valence-corrected chi connectivity index (χ0v) is 18.2. The fourth-order valence-electron chi connectivity index (χ4n) is 3.60. The Morgan fingerprint density at radius 2 is 1.48 bits per heavy atom. The lowest BCUT2D eigenvalue weighted by atomic mass is 10.0. The molecule has 1 N–H and O–H groups in total. The highest BCUT2D eigenvalue weighted by molar-refractivity contribution is 6.36. The third-order valence-corrected chi connectivity index (χ3v) is 5.73. The van der Waals surface area contributed by atoms with Crippen LogP contribution in [0, 0.1) is 0 Å². The van der Waals surface area contributed by atoms with Gasteiger partial charge in [0.05, 0.1) is 12.1 Å². The second kappa shape index (κ2) is 8.78. The monoisotopic (exact) mass is 430 g/mol. The predicted molar refractivity (Wildman–Crippen MR) is 125 cm³/mol. The van der Waals surface area contributed by atoms with Crippen molar-refractivity contribution in [1.29, 1.82) is 0 Å². The number of amides is 2. The van der Waals surface area contributed by atoms with Crippen LogP contribution >= 0.6 is 11.6 Å². The Morgan fingerprint density at radius 3 is 2.13 bits per heavy atom. The van der Waals surface area contributed by atoms with Crippen LogP contribution in [0.3, 0.4) is 0 Å². The summed E-state index contributed by atoms with van der Waals surface area (Å²) in [6.07, 6.45) is 0. The van der Waals surface area contributed by atoms with Gasteiger partial charge in [-0.3, -0.25) is 14.5 Å². The molecule has 0 saturated heterocycles. The number of benzene rings is 3. The van der Waals surface area contributed by atoms with Gasteiger partial charge in [-0.1, -0.05) is 86.1 Å². The molecular weight excluding hydrogens is 408 g/mol. The highest BCUT2D eigenvalue weighted by atomic mass is 35.5. The van der Waals surface area contributed by atoms with Gasteiger partial charge in [-0.25, -0.2) is 0 Å². The quantitative estimate of drug-likeness (QED) is 0.498. The molecule has 0 bridgehead atoms. The molecule has 4 nitrogen and oxygen atoms in total. The molecule has 0 atom stereocenters. The van der Waals surface area contributed by atoms with Crippen molar-refractivity contribution >= 4 is 34.7 Å². The second-order valence-corrected chi connectivity index (χ2v) is 8.21. The number of hydrogen-bond acceptors (Lipinski definition) is 3. The molecule has 4 rings (SSSR count). The average Bonchev–Trinajstić information content (AvgIpc) is 3.00. The lowest BCUT2D eigenvalue weighted by molar-refractivity contribution is -0.137. The van der Waals surface area contributed by atoms with Crippen LogP contribution in [-0.4, -0.2) is 16.7 Å². The van der Waals surface area contributed by atoms with Gasteiger partial charge in [0.1, 0.15) is 5.70 Å². The molecule has 3 aromatic rings. The van der Waals surface area contributed by atoms with Gasteiger partial charge >= 0.3 is 0 Å². The van der Waals surface area contributed by atoms with Crippen molar-refractivity contribution in [3.63, 3.8) is 0 Å². The van der Waals surface area contributed by atoms with E-state index in [1.54, 1.807) is 6.07 Å². The Labute approximate surface area is 187 Å². The standard InChI is InChI=1S/C26H23ClN2O2/c1-17(2)18-12-14-21(15-13-18)28-24-23(19-8-4-3-5-9-19)25(30)29(26(24)31)16-20-10-6-7-11-22(20)27/h3-15,17,28H,16H2,1-2H3. The molecule has 0 saturated carbocycles. The topological polar surface area (TPSA) is 49.4 Å². The summed E-state index contributed by atoms with van der Waals surface area (Å²) < 4.78 is 0. The van der Waals surface area contributed by atoms with Crippen molar-refractivity contribution in [2.75, 3.05) is 5.32 Å². The van der Waals surface area contributed by atoms with Crippen molar-refractivity contribution in [2.45, 2.75) is 26.3 Å². The number of hydrogen-bond donors (Lipinski definition) is 1. The summed E-state index contributed by atoms with van der Waals surface area (Å²) in [6, 6.07) is 24.4. The number of nitrogens with zero attached hydrogens (tertiary/aromatic N) is 1. The van der Waals surface area contributed by atoms with Gasteiger partial charge in [0.2, 0.25) is 0 Å². The number of carbonyl (C=O) groups is 2. The molecule has 5 heteroatoms. The number of anilines is 1. The number of imide groups is 1. The van der Waals surface area contributed by atoms with Crippen LogP contribution in [0.5, 0.6) is 0 Å². The first kappa shape index (κ1) is 20.9. The molecule has 0 aliphatic carbocycles. The molecule has 0 aromatic heterocycles. The van der Waals surface area contributed by atoms with Crippen LogP contribution in [0.2, 0.25) is 5.02 Å². The molecule has 0 fully saturated rings. The molecule has 156 valence electrons. The van der Waals surface area contributed by atoms with Gasteiger partial charge < -0.3 is 5.32 Å². The van der Waals surface area contributed by atoms with Crippen molar-refractivity contribution < 1.29 is 9.59 Å². The Kier molecular flexibility index (Phi) is 5.92. The van der Waals surface area contributed by atoms with Crippen molar-refractivity contribution in [2.24, 2.45) is 0 Å². The highest BCUT2D eigenvalue weighted by Crippen LogP contribution is 2.32. The van der Waals surface area contributed by atoms with Gasteiger partial charge in [0.15, 0.2) is 0 Å². The van der Waals surface area contributed by atoms with Crippen molar-refractivity contribution in [3.05, 3.63) is 106 Å². The first-order chi connectivity index (χ1) is 15.0. The summed E-state index contributed by atoms with van der Waals surface area (Å²) in [5.74, 6) is -0.289. The molecule has 31 heavy (non-hydrogen) atoms. The molecule has 2 amide bonds. The largest absolute Gasteiger partial charge is 0.350 e. The molecule has 0 unspecified atom stereocenters. The van der Waals surface area contributed by atoms with E-state index in [1.807, 2.05) is 72.8 Å². The summed E-state index contributed by atoms with van der Waals surface area (Å²) in [5, 5.41) is 3.72. The maximum atomic E-state index is 13.3. The maximum absolute atomic E-state index is 13.3. The highest BCUT2D eigenvalue weighted by Gasteiger charge is 2.39. The first-order valence-electron chi connectivity index (χ1n) is 10.2. The fourth-order valence-corrected chi connectivity index (χ4v) is 3.80. The Bertz CT molecular complexity index is 1150. The molecule has 1 aliphatic rings. The fraction of sp³-hybridized carbons (Fsp3) is 0.154. The van der Waals surface area contributed by atoms with E-state index in [1.165, 1.54) is 10.5 Å². The van der Waals surface area contributed by atoms with Crippen LogP contribution in [-0.2, 0) is 16.1 Å². The number of carbonyl (C=O) groups excluding carboxylic acids is 2. The lowest BCUT2D eigenvalue weighted by Gasteiger charge is -2.16. The maximum Gasteiger partial charge on any atom is 0.278 e. The minimum atomic E-state index is -0.364. The van der Waals surface area contributed by atoms with E-state index in [2.05, 4.69) is 19.2 Å². The van der Waals surface area contributed by atoms with Crippen molar-refractivity contribution in [3.8, 4) is 0 Å². The van der Waals surface area contributed by atoms with Gasteiger partial charge in [0.25, 0.3) is 11.8 Å². The minimum Gasteiger partial charge on any atom is -0.350 e. The average molecular weight is 431 g/mol. The van der Waals surface area contributed by atoms with E-state index in [0.29, 0.717) is 22.1 Å². The van der Waals surface area contributed by atoms with E-state index in [0.717, 1.165) is 11.3 Å². The smallest absolute Gasteiger partial charge is 0.278 e. The molecule has 1 heterocycles. The molecule has 1 aliphatic heterocycles. The molecule has 0 spiro atoms. The summed E-state index contributed by atoms with van der Waals surface area (Å²) in [5.41, 5.74) is 4.03. The summed E-state index contributed by atoms with van der Waals surface area (Å²) in [6.45, 7) is 4.37. The Hall–Kier alpha value is -3.37. The first-order valence-corrected chi connectivity index (χ1v) is 10.6. The number of rotatable bonds is 6. The van der Waals surface area contributed by atoms with Crippen LogP contribution in [0.1, 0.15) is 36.5 Å². The van der Waals surface area contributed by atoms with E-state index in [-0.39, 0.29) is 24.1 Å². The summed E-state index contributed by atoms with van der Waals surface area (Å²) in [4.78, 5) is 27.9. The molecular formula is C26H23ClN2O2. The zero-order valence-electron chi connectivity index (χ0n) is 17.4. The van der Waals surface area contributed by atoms with Crippen molar-refractivity contribution in [1.82, 2.24) is 4.90 Å². The van der Waals surface area contributed by atoms with Gasteiger partial charge in [0, 0.05) is 10.7 Å². The van der Waals surface area contributed by atoms with Crippen LogP contribution in [0.15, 0.2) is 84.6 Å². The number of nitrogens with one attached hydrogen (secondary N) is 1. The zero-order chi connectivity index (χ0) is 22.0. The Morgan fingerprint density at radius 1 is 0.839 bits per heavy atom. The third kappa shape index (κ3) is 4.25. The normalized spacial score (nSPS) is 14.0. The molecule has 0 radical (unpaired) electrons. The summed E-state index contributed by atoms with van der Waals surface area (Å²) in [7, 11) is 0. The minimum absolute atomic E-state index is 0.116. The van der Waals surface area contributed by atoms with Crippen LogP contribution in [0.25, 0.3) is 5.57 Å². The SMILES string of the molecule is CC(C)c1ccc(NC2=C(c3ccccc3)C(=O)N(Cc3ccccc3Cl)C2=O)cc1. The second-order valence-electron chi connectivity index (χ2n) is 7.81. The predicted octanol–water partition coefficient (Wildman–Crippen LogP) is 5.86. The van der Waals surface area contributed by atoms with Crippen LogP contribution in [0.4, 0.5) is 5.69 Å². The third-order valence-electron chi connectivity index (χ3n) is 5.36.